The molecule has 1 fully saturated rings. The number of hydrogen-bond acceptors (Lipinski definition) is 3. The molecule has 5 nitrogen and oxygen atoms in total. The number of likely N-dealkylation sites (tertiary alicyclic amines) is 1. The summed E-state index contributed by atoms with van der Waals surface area (Å²) in [6.45, 7) is 6.19. The summed E-state index contributed by atoms with van der Waals surface area (Å²) in [5.41, 5.74) is 2.37. The summed E-state index contributed by atoms with van der Waals surface area (Å²) in [5, 5.41) is 3.30. The number of carbonyl (C=O) groups is 2. The topological polar surface area (TPSA) is 52.7 Å². The number of halogens is 1. The van der Waals surface area contributed by atoms with E-state index in [1.54, 1.807) is 0 Å². The van der Waals surface area contributed by atoms with E-state index in [0.717, 1.165) is 25.9 Å². The lowest BCUT2D eigenvalue weighted by molar-refractivity contribution is -0.148. The highest BCUT2D eigenvalue weighted by atomic mass is 35.5. The van der Waals surface area contributed by atoms with Crippen molar-refractivity contribution < 1.29 is 9.59 Å². The standard InChI is InChI=1S/C21H31N3O2.ClH/c1-15(2)12-20(25)24-14-17-7-5-4-6-16(17)13-19(24)21(26)23-10-8-18(22-3)9-11-23;/h4-7,15,18-19,22H,8-14H2,1-3H3;1H. The number of piperidine rings is 1. The monoisotopic (exact) mass is 393 g/mol. The molecule has 1 atom stereocenters. The molecule has 6 heteroatoms. The summed E-state index contributed by atoms with van der Waals surface area (Å²) in [6.07, 6.45) is 3.08. The van der Waals surface area contributed by atoms with Crippen molar-refractivity contribution in [3.05, 3.63) is 35.4 Å². The Balaban J connectivity index is 0.00000261. The first-order valence-electron chi connectivity index (χ1n) is 9.82. The summed E-state index contributed by atoms with van der Waals surface area (Å²) < 4.78 is 0. The lowest BCUT2D eigenvalue weighted by atomic mass is 9.91. The Labute approximate surface area is 168 Å². The van der Waals surface area contributed by atoms with Gasteiger partial charge in [-0.2, -0.15) is 0 Å². The van der Waals surface area contributed by atoms with Gasteiger partial charge in [0.15, 0.2) is 0 Å². The first-order valence-corrected chi connectivity index (χ1v) is 9.82. The van der Waals surface area contributed by atoms with Crippen LogP contribution in [-0.4, -0.2) is 53.8 Å². The molecular weight excluding hydrogens is 362 g/mol. The van der Waals surface area contributed by atoms with Crippen LogP contribution in [0.2, 0.25) is 0 Å². The normalized spacial score (nSPS) is 20.2. The first kappa shape index (κ1) is 21.7. The second-order valence-corrected chi connectivity index (χ2v) is 8.00. The van der Waals surface area contributed by atoms with Crippen LogP contribution in [0.15, 0.2) is 24.3 Å². The third kappa shape index (κ3) is 5.02. The fraction of sp³-hybridized carbons (Fsp3) is 0.619. The molecule has 1 saturated heterocycles. The molecule has 1 aromatic carbocycles. The van der Waals surface area contributed by atoms with Crippen molar-refractivity contribution in [1.29, 1.82) is 0 Å². The zero-order valence-electron chi connectivity index (χ0n) is 16.6. The molecule has 2 heterocycles. The van der Waals surface area contributed by atoms with Gasteiger partial charge in [-0.05, 0) is 36.9 Å². The van der Waals surface area contributed by atoms with Crippen molar-refractivity contribution in [3.63, 3.8) is 0 Å². The molecule has 0 aromatic heterocycles. The highest BCUT2D eigenvalue weighted by Crippen LogP contribution is 2.26. The SMILES string of the molecule is CNC1CCN(C(=O)C2Cc3ccccc3CN2C(=O)CC(C)C)CC1.Cl. The van der Waals surface area contributed by atoms with Crippen molar-refractivity contribution in [2.24, 2.45) is 5.92 Å². The maximum Gasteiger partial charge on any atom is 0.245 e. The van der Waals surface area contributed by atoms with E-state index < -0.39 is 0 Å². The van der Waals surface area contributed by atoms with Crippen molar-refractivity contribution in [1.82, 2.24) is 15.1 Å². The molecular formula is C21H32ClN3O2. The van der Waals surface area contributed by atoms with E-state index in [9.17, 15) is 9.59 Å². The fourth-order valence-corrected chi connectivity index (χ4v) is 4.07. The minimum Gasteiger partial charge on any atom is -0.341 e. The third-order valence-corrected chi connectivity index (χ3v) is 5.65. The van der Waals surface area contributed by atoms with E-state index in [0.29, 0.717) is 31.3 Å². The van der Waals surface area contributed by atoms with Gasteiger partial charge < -0.3 is 15.1 Å². The lowest BCUT2D eigenvalue weighted by Crippen LogP contribution is -2.56. The number of hydrogen-bond donors (Lipinski definition) is 1. The smallest absolute Gasteiger partial charge is 0.245 e. The third-order valence-electron chi connectivity index (χ3n) is 5.65. The summed E-state index contributed by atoms with van der Waals surface area (Å²) in [5.74, 6) is 0.505. The average molecular weight is 394 g/mol. The van der Waals surface area contributed by atoms with Crippen LogP contribution in [0.25, 0.3) is 0 Å². The Hall–Kier alpha value is -1.59. The number of nitrogens with one attached hydrogen (secondary N) is 1. The summed E-state index contributed by atoms with van der Waals surface area (Å²) in [4.78, 5) is 29.9. The molecule has 0 bridgehead atoms. The van der Waals surface area contributed by atoms with Crippen molar-refractivity contribution in [2.45, 2.75) is 58.2 Å². The predicted octanol–water partition coefficient (Wildman–Crippen LogP) is 2.62. The van der Waals surface area contributed by atoms with Gasteiger partial charge in [0.1, 0.15) is 6.04 Å². The van der Waals surface area contributed by atoms with Gasteiger partial charge in [-0.15, -0.1) is 12.4 Å². The predicted molar refractivity (Wildman–Crippen MR) is 110 cm³/mol. The Kier molecular flexibility index (Phi) is 7.68. The van der Waals surface area contributed by atoms with E-state index in [-0.39, 0.29) is 30.3 Å². The van der Waals surface area contributed by atoms with E-state index >= 15 is 0 Å². The van der Waals surface area contributed by atoms with Crippen LogP contribution >= 0.6 is 12.4 Å². The largest absolute Gasteiger partial charge is 0.341 e. The molecule has 0 spiro atoms. The summed E-state index contributed by atoms with van der Waals surface area (Å²) >= 11 is 0. The highest BCUT2D eigenvalue weighted by molar-refractivity contribution is 5.88. The zero-order valence-corrected chi connectivity index (χ0v) is 17.4. The van der Waals surface area contributed by atoms with Crippen LogP contribution in [0.3, 0.4) is 0 Å². The Morgan fingerprint density at radius 2 is 1.78 bits per heavy atom. The quantitative estimate of drug-likeness (QED) is 0.855. The number of rotatable bonds is 4. The molecule has 2 amide bonds. The van der Waals surface area contributed by atoms with Crippen LogP contribution in [0.5, 0.6) is 0 Å². The maximum absolute atomic E-state index is 13.3. The number of nitrogens with zero attached hydrogens (tertiary/aromatic N) is 2. The van der Waals surface area contributed by atoms with Gasteiger partial charge in [0.2, 0.25) is 11.8 Å². The number of amides is 2. The van der Waals surface area contributed by atoms with E-state index in [4.69, 9.17) is 0 Å². The molecule has 1 N–H and O–H groups in total. The van der Waals surface area contributed by atoms with E-state index in [1.807, 2.05) is 29.0 Å². The average Bonchev–Trinajstić information content (AvgIpc) is 2.66. The first-order chi connectivity index (χ1) is 12.5. The Morgan fingerprint density at radius 3 is 2.37 bits per heavy atom. The van der Waals surface area contributed by atoms with Crippen molar-refractivity contribution in [3.8, 4) is 0 Å². The Bertz CT molecular complexity index is 657. The molecule has 2 aliphatic rings. The van der Waals surface area contributed by atoms with E-state index in [2.05, 4.69) is 31.3 Å². The van der Waals surface area contributed by atoms with Crippen molar-refractivity contribution in [2.75, 3.05) is 20.1 Å². The van der Waals surface area contributed by atoms with Gasteiger partial charge in [0.05, 0.1) is 0 Å². The van der Waals surface area contributed by atoms with Crippen LogP contribution in [0, 0.1) is 5.92 Å². The molecule has 150 valence electrons. The van der Waals surface area contributed by atoms with Gasteiger partial charge in [-0.3, -0.25) is 9.59 Å². The van der Waals surface area contributed by atoms with Crippen LogP contribution < -0.4 is 5.32 Å². The zero-order chi connectivity index (χ0) is 18.7. The lowest BCUT2D eigenvalue weighted by Gasteiger charge is -2.41. The molecule has 0 radical (unpaired) electrons. The van der Waals surface area contributed by atoms with E-state index in [1.165, 1.54) is 11.1 Å². The molecule has 1 unspecified atom stereocenters. The number of benzene rings is 1. The van der Waals surface area contributed by atoms with Crippen LogP contribution in [0.4, 0.5) is 0 Å². The second kappa shape index (κ2) is 9.56. The van der Waals surface area contributed by atoms with Crippen LogP contribution in [-0.2, 0) is 22.6 Å². The summed E-state index contributed by atoms with van der Waals surface area (Å²) in [7, 11) is 1.98. The number of carbonyl (C=O) groups excluding carboxylic acids is 2. The fourth-order valence-electron chi connectivity index (χ4n) is 4.07. The second-order valence-electron chi connectivity index (χ2n) is 8.00. The molecule has 1 aromatic rings. The van der Waals surface area contributed by atoms with Gasteiger partial charge >= 0.3 is 0 Å². The van der Waals surface area contributed by atoms with Crippen LogP contribution in [0.1, 0.15) is 44.2 Å². The minimum absolute atomic E-state index is 0. The minimum atomic E-state index is -0.359. The van der Waals surface area contributed by atoms with Gasteiger partial charge in [0.25, 0.3) is 0 Å². The molecule has 0 saturated carbocycles. The molecule has 0 aliphatic carbocycles. The molecule has 27 heavy (non-hydrogen) atoms. The molecule has 3 rings (SSSR count). The van der Waals surface area contributed by atoms with Gasteiger partial charge in [-0.25, -0.2) is 0 Å². The molecule has 2 aliphatic heterocycles. The summed E-state index contributed by atoms with van der Waals surface area (Å²) in [6, 6.07) is 8.32. The van der Waals surface area contributed by atoms with Gasteiger partial charge in [-0.1, -0.05) is 38.1 Å². The van der Waals surface area contributed by atoms with Gasteiger partial charge in [0, 0.05) is 38.5 Å². The highest BCUT2D eigenvalue weighted by Gasteiger charge is 2.37. The Morgan fingerprint density at radius 1 is 1.15 bits per heavy atom. The number of fused-ring (bicyclic) bond motifs is 1. The van der Waals surface area contributed by atoms with Crippen molar-refractivity contribution >= 4 is 24.2 Å². The maximum atomic E-state index is 13.3.